The van der Waals surface area contributed by atoms with Gasteiger partial charge in [-0.3, -0.25) is 9.59 Å². The molecule has 1 atom stereocenters. The molecular formula is C22H17Cl2N3O2S. The number of rotatable bonds is 4. The standard InChI is InChI=1S/C22H17Cl2N3O2S/c1-13(28)27-9-8-14-4-2-3-5-16(14)20(27)11-21(29)26-22-25-19(12-30-22)17-7-6-15(23)10-18(17)24/h2-10,12,20H,11H2,1H3,(H,25,26,29). The van der Waals surface area contributed by atoms with Crippen LogP contribution < -0.4 is 5.32 Å². The Kier molecular flexibility index (Phi) is 5.90. The fourth-order valence-corrected chi connectivity index (χ4v) is 4.64. The summed E-state index contributed by atoms with van der Waals surface area (Å²) >= 11 is 13.5. The van der Waals surface area contributed by atoms with Crippen LogP contribution in [0.3, 0.4) is 0 Å². The number of halogens is 2. The summed E-state index contributed by atoms with van der Waals surface area (Å²) in [4.78, 5) is 30.9. The zero-order valence-electron chi connectivity index (χ0n) is 15.9. The Hall–Kier alpha value is -2.67. The van der Waals surface area contributed by atoms with Gasteiger partial charge in [0.05, 0.1) is 23.2 Å². The molecule has 30 heavy (non-hydrogen) atoms. The second-order valence-corrected chi connectivity index (χ2v) is 8.50. The summed E-state index contributed by atoms with van der Waals surface area (Å²) in [5.74, 6) is -0.341. The minimum atomic E-state index is -0.367. The van der Waals surface area contributed by atoms with Crippen molar-refractivity contribution in [2.45, 2.75) is 19.4 Å². The van der Waals surface area contributed by atoms with Crippen molar-refractivity contribution in [2.75, 3.05) is 5.32 Å². The number of aromatic nitrogens is 1. The van der Waals surface area contributed by atoms with Crippen LogP contribution in [0.5, 0.6) is 0 Å². The van der Waals surface area contributed by atoms with Crippen LogP contribution >= 0.6 is 34.5 Å². The highest BCUT2D eigenvalue weighted by Gasteiger charge is 2.28. The minimum Gasteiger partial charge on any atom is -0.311 e. The van der Waals surface area contributed by atoms with E-state index < -0.39 is 0 Å². The number of nitrogens with zero attached hydrogens (tertiary/aromatic N) is 2. The molecule has 0 spiro atoms. The number of amides is 2. The van der Waals surface area contributed by atoms with E-state index in [9.17, 15) is 9.59 Å². The van der Waals surface area contributed by atoms with Gasteiger partial charge < -0.3 is 10.2 Å². The van der Waals surface area contributed by atoms with E-state index >= 15 is 0 Å². The summed E-state index contributed by atoms with van der Waals surface area (Å²) in [6.07, 6.45) is 3.73. The second-order valence-electron chi connectivity index (χ2n) is 6.80. The van der Waals surface area contributed by atoms with E-state index in [1.165, 1.54) is 18.3 Å². The topological polar surface area (TPSA) is 62.3 Å². The van der Waals surface area contributed by atoms with Gasteiger partial charge in [-0.1, -0.05) is 47.5 Å². The molecule has 2 heterocycles. The average Bonchev–Trinajstić information content (AvgIpc) is 3.16. The van der Waals surface area contributed by atoms with E-state index in [0.717, 1.165) is 16.7 Å². The van der Waals surface area contributed by atoms with Crippen molar-refractivity contribution < 1.29 is 9.59 Å². The Bertz CT molecular complexity index is 1160. The first kappa shape index (κ1) is 20.6. The predicted octanol–water partition coefficient (Wildman–Crippen LogP) is 6.02. The molecule has 0 fully saturated rings. The molecule has 1 N–H and O–H groups in total. The SMILES string of the molecule is CC(=O)N1C=Cc2ccccc2C1CC(=O)Nc1nc(-c2ccc(Cl)cc2Cl)cs1. The molecule has 0 saturated carbocycles. The van der Waals surface area contributed by atoms with Crippen LogP contribution in [0.2, 0.25) is 10.0 Å². The first-order valence-corrected chi connectivity index (χ1v) is 10.8. The third-order valence-electron chi connectivity index (χ3n) is 4.81. The first-order valence-electron chi connectivity index (χ1n) is 9.19. The maximum Gasteiger partial charge on any atom is 0.228 e. The van der Waals surface area contributed by atoms with Crippen LogP contribution in [0.25, 0.3) is 17.3 Å². The molecule has 2 aromatic carbocycles. The molecule has 1 unspecified atom stereocenters. The number of anilines is 1. The Labute approximate surface area is 188 Å². The van der Waals surface area contributed by atoms with Crippen molar-refractivity contribution in [3.8, 4) is 11.3 Å². The average molecular weight is 458 g/mol. The van der Waals surface area contributed by atoms with E-state index in [4.69, 9.17) is 23.2 Å². The van der Waals surface area contributed by atoms with Crippen LogP contribution in [0.4, 0.5) is 5.13 Å². The second kappa shape index (κ2) is 8.60. The van der Waals surface area contributed by atoms with Crippen molar-refractivity contribution >= 4 is 57.6 Å². The molecule has 0 bridgehead atoms. The lowest BCUT2D eigenvalue weighted by Gasteiger charge is -2.32. The molecule has 2 amide bonds. The molecule has 1 aliphatic rings. The zero-order valence-corrected chi connectivity index (χ0v) is 18.3. The molecule has 3 aromatic rings. The van der Waals surface area contributed by atoms with E-state index in [1.807, 2.05) is 35.7 Å². The highest BCUT2D eigenvalue weighted by molar-refractivity contribution is 7.14. The van der Waals surface area contributed by atoms with Gasteiger partial charge >= 0.3 is 0 Å². The van der Waals surface area contributed by atoms with Crippen molar-refractivity contribution in [1.82, 2.24) is 9.88 Å². The maximum atomic E-state index is 12.8. The first-order chi connectivity index (χ1) is 14.4. The third-order valence-corrected chi connectivity index (χ3v) is 6.11. The molecule has 1 aliphatic heterocycles. The van der Waals surface area contributed by atoms with Gasteiger partial charge in [-0.15, -0.1) is 11.3 Å². The van der Waals surface area contributed by atoms with Gasteiger partial charge in [0.1, 0.15) is 0 Å². The summed E-state index contributed by atoms with van der Waals surface area (Å²) in [5.41, 5.74) is 3.35. The van der Waals surface area contributed by atoms with E-state index in [0.29, 0.717) is 20.9 Å². The molecule has 152 valence electrons. The summed E-state index contributed by atoms with van der Waals surface area (Å²) in [6.45, 7) is 1.49. The van der Waals surface area contributed by atoms with Crippen molar-refractivity contribution in [2.24, 2.45) is 0 Å². The largest absolute Gasteiger partial charge is 0.311 e. The Morgan fingerprint density at radius 2 is 2.00 bits per heavy atom. The number of carbonyl (C=O) groups excluding carboxylic acids is 2. The van der Waals surface area contributed by atoms with Crippen LogP contribution in [0.1, 0.15) is 30.5 Å². The van der Waals surface area contributed by atoms with Crippen molar-refractivity contribution in [3.05, 3.63) is 75.2 Å². The number of benzene rings is 2. The summed E-state index contributed by atoms with van der Waals surface area (Å²) in [5, 5.41) is 6.17. The van der Waals surface area contributed by atoms with Gasteiger partial charge in [-0.25, -0.2) is 4.98 Å². The number of hydrogen-bond acceptors (Lipinski definition) is 4. The summed E-state index contributed by atoms with van der Waals surface area (Å²) < 4.78 is 0. The van der Waals surface area contributed by atoms with Gasteiger partial charge in [0.15, 0.2) is 5.13 Å². The number of thiazole rings is 1. The molecular weight excluding hydrogens is 441 g/mol. The quantitative estimate of drug-likeness (QED) is 0.520. The monoisotopic (exact) mass is 457 g/mol. The Morgan fingerprint density at radius 1 is 1.20 bits per heavy atom. The lowest BCUT2D eigenvalue weighted by Crippen LogP contribution is -2.33. The van der Waals surface area contributed by atoms with Crippen LogP contribution in [-0.2, 0) is 9.59 Å². The third kappa shape index (κ3) is 4.26. The molecule has 4 rings (SSSR count). The number of hydrogen-bond donors (Lipinski definition) is 1. The van der Waals surface area contributed by atoms with Gasteiger partial charge in [0.25, 0.3) is 0 Å². The van der Waals surface area contributed by atoms with Crippen molar-refractivity contribution in [1.29, 1.82) is 0 Å². The highest BCUT2D eigenvalue weighted by atomic mass is 35.5. The molecule has 0 radical (unpaired) electrons. The normalized spacial score (nSPS) is 15.0. The molecule has 0 aliphatic carbocycles. The molecule has 5 nitrogen and oxygen atoms in total. The van der Waals surface area contributed by atoms with Gasteiger partial charge in [0, 0.05) is 29.1 Å². The van der Waals surface area contributed by atoms with E-state index in [1.54, 1.807) is 29.3 Å². The van der Waals surface area contributed by atoms with Crippen molar-refractivity contribution in [3.63, 3.8) is 0 Å². The fourth-order valence-electron chi connectivity index (χ4n) is 3.41. The summed E-state index contributed by atoms with van der Waals surface area (Å²) in [7, 11) is 0. The van der Waals surface area contributed by atoms with Crippen LogP contribution in [0.15, 0.2) is 54.0 Å². The van der Waals surface area contributed by atoms with Crippen LogP contribution in [0, 0.1) is 0 Å². The van der Waals surface area contributed by atoms with Gasteiger partial charge in [-0.2, -0.15) is 0 Å². The van der Waals surface area contributed by atoms with Crippen LogP contribution in [-0.4, -0.2) is 21.7 Å². The molecule has 0 saturated heterocycles. The zero-order chi connectivity index (χ0) is 21.3. The van der Waals surface area contributed by atoms with E-state index in [2.05, 4.69) is 10.3 Å². The Balaban J connectivity index is 1.51. The van der Waals surface area contributed by atoms with E-state index in [-0.39, 0.29) is 24.3 Å². The lowest BCUT2D eigenvalue weighted by molar-refractivity contribution is -0.129. The summed E-state index contributed by atoms with van der Waals surface area (Å²) in [6, 6.07) is 12.6. The highest BCUT2D eigenvalue weighted by Crippen LogP contribution is 2.34. The van der Waals surface area contributed by atoms with Gasteiger partial charge in [0.2, 0.25) is 11.8 Å². The minimum absolute atomic E-state index is 0.118. The maximum absolute atomic E-state index is 12.8. The molecule has 8 heteroatoms. The number of nitrogens with one attached hydrogen (secondary N) is 1. The Morgan fingerprint density at radius 3 is 2.77 bits per heavy atom. The smallest absolute Gasteiger partial charge is 0.228 e. The predicted molar refractivity (Wildman–Crippen MR) is 122 cm³/mol. The van der Waals surface area contributed by atoms with Gasteiger partial charge in [-0.05, 0) is 35.4 Å². The molecule has 1 aromatic heterocycles. The fraction of sp³-hybridized carbons (Fsp3) is 0.136. The number of carbonyl (C=O) groups is 2. The number of fused-ring (bicyclic) bond motifs is 1. The lowest BCUT2D eigenvalue weighted by atomic mass is 9.93.